The summed E-state index contributed by atoms with van der Waals surface area (Å²) < 4.78 is 10.4. The molecule has 0 aliphatic rings. The molecule has 0 aliphatic heterocycles. The molecule has 32 heavy (non-hydrogen) atoms. The molecule has 4 aromatic heterocycles. The molecule has 0 aliphatic carbocycles. The van der Waals surface area contributed by atoms with Crippen molar-refractivity contribution in [2.24, 2.45) is 0 Å². The van der Waals surface area contributed by atoms with Gasteiger partial charge >= 0.3 is 0 Å². The van der Waals surface area contributed by atoms with Crippen molar-refractivity contribution in [3.05, 3.63) is 97.1 Å². The van der Waals surface area contributed by atoms with Gasteiger partial charge in [-0.3, -0.25) is 0 Å². The fraction of sp³-hybridized carbons (Fsp3) is 0. The molecule has 0 N–H and O–H groups in total. The second-order valence-electron chi connectivity index (χ2n) is 8.21. The molecule has 0 unspecified atom stereocenters. The lowest BCUT2D eigenvalue weighted by atomic mass is 10.2. The molecule has 0 amide bonds. The van der Waals surface area contributed by atoms with E-state index < -0.39 is 0 Å². The van der Waals surface area contributed by atoms with Gasteiger partial charge in [0.05, 0.1) is 31.5 Å². The van der Waals surface area contributed by atoms with E-state index in [-0.39, 0.29) is 0 Å². The highest BCUT2D eigenvalue weighted by Gasteiger charge is 2.23. The van der Waals surface area contributed by atoms with Gasteiger partial charge in [-0.2, -0.15) is 0 Å². The van der Waals surface area contributed by atoms with Gasteiger partial charge in [-0.05, 0) is 24.3 Å². The van der Waals surface area contributed by atoms with Crippen molar-refractivity contribution in [2.45, 2.75) is 0 Å². The monoisotopic (exact) mass is 444 g/mol. The van der Waals surface area contributed by atoms with Crippen LogP contribution in [0.1, 0.15) is 0 Å². The van der Waals surface area contributed by atoms with E-state index in [9.17, 15) is 0 Å². The number of fused-ring (bicyclic) bond motifs is 10. The quantitative estimate of drug-likeness (QED) is 0.240. The van der Waals surface area contributed by atoms with Gasteiger partial charge in [0, 0.05) is 30.9 Å². The Morgan fingerprint density at radius 2 is 0.812 bits per heavy atom. The Balaban J connectivity index is 1.73. The molecular formula is C28H16N2S2. The number of thiophene rings is 2. The summed E-state index contributed by atoms with van der Waals surface area (Å²) in [7, 11) is 0. The van der Waals surface area contributed by atoms with E-state index >= 15 is 0 Å². The molecule has 8 rings (SSSR count). The summed E-state index contributed by atoms with van der Waals surface area (Å²) in [4.78, 5) is 0. The van der Waals surface area contributed by atoms with Gasteiger partial charge in [0.25, 0.3) is 0 Å². The zero-order chi connectivity index (χ0) is 20.8. The molecule has 4 aromatic carbocycles. The van der Waals surface area contributed by atoms with Crippen LogP contribution < -0.4 is 0 Å². The van der Waals surface area contributed by atoms with Gasteiger partial charge in [0.1, 0.15) is 0 Å². The summed E-state index contributed by atoms with van der Waals surface area (Å²) in [6, 6.07) is 35.2. The first-order chi connectivity index (χ1) is 15.9. The van der Waals surface area contributed by atoms with E-state index in [1.165, 1.54) is 62.4 Å². The van der Waals surface area contributed by atoms with Gasteiger partial charge in [0.2, 0.25) is 0 Å². The third kappa shape index (κ3) is 1.99. The van der Waals surface area contributed by atoms with E-state index in [1.54, 1.807) is 0 Å². The van der Waals surface area contributed by atoms with E-state index in [0.717, 1.165) is 0 Å². The third-order valence-electron chi connectivity index (χ3n) is 6.52. The lowest BCUT2D eigenvalue weighted by Crippen LogP contribution is -2.08. The van der Waals surface area contributed by atoms with Gasteiger partial charge < -0.3 is 0 Å². The molecule has 0 radical (unpaired) electrons. The van der Waals surface area contributed by atoms with E-state index in [1.807, 2.05) is 22.7 Å². The van der Waals surface area contributed by atoms with E-state index in [0.29, 0.717) is 0 Å². The van der Waals surface area contributed by atoms with Gasteiger partial charge in [-0.15, -0.1) is 22.7 Å². The average molecular weight is 445 g/mol. The van der Waals surface area contributed by atoms with Gasteiger partial charge in [-0.1, -0.05) is 72.8 Å². The highest BCUT2D eigenvalue weighted by molar-refractivity contribution is 7.33. The summed E-state index contributed by atoms with van der Waals surface area (Å²) in [6.07, 6.45) is 0. The number of nitrogens with zero attached hydrogens (tertiary/aromatic N) is 2. The van der Waals surface area contributed by atoms with Crippen LogP contribution in [0.15, 0.2) is 97.1 Å². The predicted molar refractivity (Wildman–Crippen MR) is 140 cm³/mol. The van der Waals surface area contributed by atoms with Crippen LogP contribution in [0.4, 0.5) is 0 Å². The SMILES string of the molecule is c1ccc2c(c1)sc1c3sc4ccccc4c3n(-n3c4ccccc4c4ccccc43)c21. The highest BCUT2D eigenvalue weighted by atomic mass is 32.1. The van der Waals surface area contributed by atoms with Crippen LogP contribution in [0.5, 0.6) is 0 Å². The second kappa shape index (κ2) is 6.00. The van der Waals surface area contributed by atoms with Crippen LogP contribution in [0.2, 0.25) is 0 Å². The predicted octanol–water partition coefficient (Wildman–Crippen LogP) is 8.64. The fourth-order valence-electron chi connectivity index (χ4n) is 5.22. The lowest BCUT2D eigenvalue weighted by Gasteiger charge is -2.13. The Kier molecular flexibility index (Phi) is 3.19. The zero-order valence-electron chi connectivity index (χ0n) is 16.9. The number of rotatable bonds is 1. The Bertz CT molecular complexity index is 1850. The van der Waals surface area contributed by atoms with Crippen LogP contribution in [0.25, 0.3) is 62.4 Å². The van der Waals surface area contributed by atoms with Crippen molar-refractivity contribution in [3.8, 4) is 0 Å². The minimum atomic E-state index is 1.23. The van der Waals surface area contributed by atoms with Crippen LogP contribution in [-0.2, 0) is 0 Å². The normalized spacial score (nSPS) is 12.4. The second-order valence-corrected chi connectivity index (χ2v) is 10.3. The largest absolute Gasteiger partial charge is 0.248 e. The summed E-state index contributed by atoms with van der Waals surface area (Å²) in [5, 5.41) is 5.22. The Labute approximate surface area is 191 Å². The molecule has 0 atom stereocenters. The van der Waals surface area contributed by atoms with Crippen LogP contribution in [0, 0.1) is 0 Å². The maximum atomic E-state index is 2.49. The minimum Gasteiger partial charge on any atom is -0.248 e. The fourth-order valence-corrected chi connectivity index (χ4v) is 7.72. The number of para-hydroxylation sites is 2. The van der Waals surface area contributed by atoms with E-state index in [4.69, 9.17) is 0 Å². The highest BCUT2D eigenvalue weighted by Crippen LogP contribution is 2.47. The minimum absolute atomic E-state index is 1.23. The van der Waals surface area contributed by atoms with Gasteiger partial charge in [-0.25, -0.2) is 9.35 Å². The Hall–Kier alpha value is -3.60. The number of benzene rings is 4. The molecule has 150 valence electrons. The van der Waals surface area contributed by atoms with Crippen molar-refractivity contribution in [2.75, 3.05) is 0 Å². The molecular weight excluding hydrogens is 428 g/mol. The van der Waals surface area contributed by atoms with Gasteiger partial charge in [0.15, 0.2) is 0 Å². The summed E-state index contributed by atoms with van der Waals surface area (Å²) in [5.74, 6) is 0. The molecule has 4 heteroatoms. The van der Waals surface area contributed by atoms with Crippen molar-refractivity contribution < 1.29 is 0 Å². The maximum absolute atomic E-state index is 2.49. The Morgan fingerprint density at radius 1 is 0.406 bits per heavy atom. The standard InChI is InChI=1S/C28H16N2S2/c1-5-13-21-17(9-1)18-10-2-6-14-22(18)29(21)30-25-19-11-3-7-15-23(19)31-27(25)28-26(30)20-12-4-8-16-24(20)32-28/h1-16H. The maximum Gasteiger partial charge on any atom is 0.0911 e. The number of hydrogen-bond acceptors (Lipinski definition) is 2. The summed E-state index contributed by atoms with van der Waals surface area (Å²) >= 11 is 3.82. The molecule has 0 spiro atoms. The lowest BCUT2D eigenvalue weighted by molar-refractivity contribution is 0.780. The topological polar surface area (TPSA) is 9.86 Å². The molecule has 0 saturated heterocycles. The molecule has 0 fully saturated rings. The van der Waals surface area contributed by atoms with Crippen molar-refractivity contribution in [1.82, 2.24) is 9.35 Å². The van der Waals surface area contributed by atoms with Crippen LogP contribution in [0.3, 0.4) is 0 Å². The first kappa shape index (κ1) is 17.0. The molecule has 8 aromatic rings. The first-order valence-electron chi connectivity index (χ1n) is 10.7. The molecule has 0 saturated carbocycles. The van der Waals surface area contributed by atoms with Crippen LogP contribution in [-0.4, -0.2) is 9.35 Å². The molecule has 4 heterocycles. The average Bonchev–Trinajstić information content (AvgIpc) is 3.56. The number of aromatic nitrogens is 2. The van der Waals surface area contributed by atoms with Crippen molar-refractivity contribution >= 4 is 85.1 Å². The first-order valence-corrected chi connectivity index (χ1v) is 12.4. The third-order valence-corrected chi connectivity index (χ3v) is 9.01. The zero-order valence-corrected chi connectivity index (χ0v) is 18.6. The van der Waals surface area contributed by atoms with Crippen molar-refractivity contribution in [1.29, 1.82) is 0 Å². The van der Waals surface area contributed by atoms with E-state index in [2.05, 4.69) is 106 Å². The number of hydrogen-bond donors (Lipinski definition) is 0. The summed E-state index contributed by atoms with van der Waals surface area (Å²) in [5.41, 5.74) is 5.09. The Morgan fingerprint density at radius 3 is 1.31 bits per heavy atom. The smallest absolute Gasteiger partial charge is 0.0911 e. The molecule has 2 nitrogen and oxygen atoms in total. The van der Waals surface area contributed by atoms with Crippen molar-refractivity contribution in [3.63, 3.8) is 0 Å². The molecule has 0 bridgehead atoms. The summed E-state index contributed by atoms with van der Waals surface area (Å²) in [6.45, 7) is 0. The van der Waals surface area contributed by atoms with Crippen LogP contribution >= 0.6 is 22.7 Å².